The van der Waals surface area contributed by atoms with Gasteiger partial charge in [-0.3, -0.25) is 0 Å². The zero-order valence-electron chi connectivity index (χ0n) is 9.37. The number of hydrogen-bond acceptors (Lipinski definition) is 2. The van der Waals surface area contributed by atoms with E-state index in [1.165, 1.54) is 12.8 Å². The fraction of sp³-hybridized carbons (Fsp3) is 0.833. The molecule has 0 aromatic heterocycles. The minimum Gasteiger partial charge on any atom is -0.391 e. The molecule has 0 heterocycles. The summed E-state index contributed by atoms with van der Waals surface area (Å²) >= 11 is 0. The highest BCUT2D eigenvalue weighted by molar-refractivity contribution is 4.65. The maximum atomic E-state index is 9.49. The van der Waals surface area contributed by atoms with Crippen LogP contribution in [0.1, 0.15) is 45.4 Å². The summed E-state index contributed by atoms with van der Waals surface area (Å²) in [6.07, 6.45) is 8.09. The molecular formula is C12H24O2. The lowest BCUT2D eigenvalue weighted by Gasteiger charge is -2.10. The van der Waals surface area contributed by atoms with Crippen LogP contribution in [0.2, 0.25) is 0 Å². The summed E-state index contributed by atoms with van der Waals surface area (Å²) in [4.78, 5) is 0. The van der Waals surface area contributed by atoms with Gasteiger partial charge in [0.1, 0.15) is 0 Å². The van der Waals surface area contributed by atoms with Crippen molar-refractivity contribution in [3.63, 3.8) is 0 Å². The molecule has 0 aromatic carbocycles. The molecule has 2 heteroatoms. The molecule has 1 N–H and O–H groups in total. The molecule has 0 rings (SSSR count). The zero-order valence-corrected chi connectivity index (χ0v) is 9.37. The summed E-state index contributed by atoms with van der Waals surface area (Å²) in [5.74, 6) is 0. The number of unbranched alkanes of at least 4 members (excludes halogenated alkanes) is 3. The summed E-state index contributed by atoms with van der Waals surface area (Å²) in [6, 6.07) is 0. The second-order valence-electron chi connectivity index (χ2n) is 3.66. The van der Waals surface area contributed by atoms with Crippen molar-refractivity contribution < 1.29 is 9.84 Å². The van der Waals surface area contributed by atoms with Crippen molar-refractivity contribution in [2.45, 2.75) is 51.6 Å². The average Bonchev–Trinajstić information content (AvgIpc) is 2.18. The molecule has 1 unspecified atom stereocenters. The van der Waals surface area contributed by atoms with Crippen LogP contribution in [0.5, 0.6) is 0 Å². The van der Waals surface area contributed by atoms with E-state index in [-0.39, 0.29) is 6.10 Å². The molecule has 0 fully saturated rings. The van der Waals surface area contributed by atoms with Gasteiger partial charge in [0.2, 0.25) is 0 Å². The quantitative estimate of drug-likeness (QED) is 0.434. The predicted octanol–water partition coefficient (Wildman–Crippen LogP) is 2.91. The Morgan fingerprint density at radius 3 is 2.79 bits per heavy atom. The van der Waals surface area contributed by atoms with Gasteiger partial charge in [-0.05, 0) is 25.7 Å². The van der Waals surface area contributed by atoms with Gasteiger partial charge >= 0.3 is 0 Å². The third kappa shape index (κ3) is 9.75. The van der Waals surface area contributed by atoms with Gasteiger partial charge < -0.3 is 9.84 Å². The van der Waals surface area contributed by atoms with Crippen molar-refractivity contribution in [3.8, 4) is 0 Å². The molecule has 2 nitrogen and oxygen atoms in total. The number of allylic oxidation sites excluding steroid dienone is 1. The van der Waals surface area contributed by atoms with Gasteiger partial charge in [0.15, 0.2) is 0 Å². The van der Waals surface area contributed by atoms with Crippen LogP contribution in [0.4, 0.5) is 0 Å². The lowest BCUT2D eigenvalue weighted by atomic mass is 10.1. The summed E-state index contributed by atoms with van der Waals surface area (Å²) in [7, 11) is 0. The minimum absolute atomic E-state index is 0.273. The maximum absolute atomic E-state index is 9.49. The summed E-state index contributed by atoms with van der Waals surface area (Å²) in [5.41, 5.74) is 0. The molecule has 0 aromatic rings. The van der Waals surface area contributed by atoms with E-state index in [1.54, 1.807) is 0 Å². The number of aliphatic hydroxyl groups is 1. The molecule has 0 aliphatic carbocycles. The highest BCUT2D eigenvalue weighted by Gasteiger charge is 2.02. The topological polar surface area (TPSA) is 29.5 Å². The molecule has 0 amide bonds. The second-order valence-corrected chi connectivity index (χ2v) is 3.66. The molecule has 0 bridgehead atoms. The molecule has 84 valence electrons. The highest BCUT2D eigenvalue weighted by atomic mass is 16.5. The largest absolute Gasteiger partial charge is 0.391 e. The fourth-order valence-electron chi connectivity index (χ4n) is 1.29. The number of aliphatic hydroxyl groups excluding tert-OH is 1. The molecule has 14 heavy (non-hydrogen) atoms. The Morgan fingerprint density at radius 2 is 2.14 bits per heavy atom. The first-order valence-electron chi connectivity index (χ1n) is 5.68. The summed E-state index contributed by atoms with van der Waals surface area (Å²) in [6.45, 7) is 7.00. The summed E-state index contributed by atoms with van der Waals surface area (Å²) in [5, 5.41) is 9.49. The monoisotopic (exact) mass is 200 g/mol. The van der Waals surface area contributed by atoms with E-state index < -0.39 is 0 Å². The normalized spacial score (nSPS) is 12.7. The molecule has 0 saturated heterocycles. The van der Waals surface area contributed by atoms with Gasteiger partial charge in [-0.15, -0.1) is 6.58 Å². The lowest BCUT2D eigenvalue weighted by molar-refractivity contribution is 0.0316. The van der Waals surface area contributed by atoms with Crippen LogP contribution in [0.3, 0.4) is 0 Å². The van der Waals surface area contributed by atoms with E-state index in [0.717, 1.165) is 32.3 Å². The Labute approximate surface area is 88.0 Å². The molecule has 1 atom stereocenters. The van der Waals surface area contributed by atoms with Gasteiger partial charge in [-0.25, -0.2) is 0 Å². The van der Waals surface area contributed by atoms with Gasteiger partial charge in [-0.2, -0.15) is 0 Å². The van der Waals surface area contributed by atoms with E-state index in [4.69, 9.17) is 4.74 Å². The van der Waals surface area contributed by atoms with Crippen molar-refractivity contribution in [3.05, 3.63) is 12.7 Å². The second kappa shape index (κ2) is 10.7. The maximum Gasteiger partial charge on any atom is 0.0773 e. The Bertz CT molecular complexity index is 123. The van der Waals surface area contributed by atoms with Gasteiger partial charge in [0.25, 0.3) is 0 Å². The van der Waals surface area contributed by atoms with E-state index in [9.17, 15) is 5.11 Å². The van der Waals surface area contributed by atoms with Crippen molar-refractivity contribution in [1.82, 2.24) is 0 Å². The van der Waals surface area contributed by atoms with E-state index in [1.807, 2.05) is 6.08 Å². The van der Waals surface area contributed by atoms with Crippen molar-refractivity contribution >= 4 is 0 Å². The van der Waals surface area contributed by atoms with Crippen LogP contribution in [0.25, 0.3) is 0 Å². The Balaban J connectivity index is 3.09. The molecule has 0 aliphatic heterocycles. The van der Waals surface area contributed by atoms with E-state index >= 15 is 0 Å². The Kier molecular flexibility index (Phi) is 10.5. The van der Waals surface area contributed by atoms with E-state index in [0.29, 0.717) is 6.61 Å². The van der Waals surface area contributed by atoms with Crippen LogP contribution >= 0.6 is 0 Å². The van der Waals surface area contributed by atoms with Crippen LogP contribution < -0.4 is 0 Å². The predicted molar refractivity (Wildman–Crippen MR) is 60.4 cm³/mol. The smallest absolute Gasteiger partial charge is 0.0773 e. The molecular weight excluding hydrogens is 176 g/mol. The SMILES string of the molecule is C=CCCCCCC(O)COCCC. The van der Waals surface area contributed by atoms with Gasteiger partial charge in [0.05, 0.1) is 12.7 Å². The first kappa shape index (κ1) is 13.7. The van der Waals surface area contributed by atoms with Gasteiger partial charge in [-0.1, -0.05) is 25.8 Å². The van der Waals surface area contributed by atoms with Gasteiger partial charge in [0, 0.05) is 6.61 Å². The Hall–Kier alpha value is -0.340. The standard InChI is InChI=1S/C12H24O2/c1-3-5-6-7-8-9-12(13)11-14-10-4-2/h3,12-13H,1,4-11H2,2H3. The average molecular weight is 200 g/mol. The highest BCUT2D eigenvalue weighted by Crippen LogP contribution is 2.06. The van der Waals surface area contributed by atoms with Crippen molar-refractivity contribution in [2.75, 3.05) is 13.2 Å². The first-order chi connectivity index (χ1) is 6.81. The zero-order chi connectivity index (χ0) is 10.6. The first-order valence-corrected chi connectivity index (χ1v) is 5.68. The fourth-order valence-corrected chi connectivity index (χ4v) is 1.29. The molecule has 0 spiro atoms. The lowest BCUT2D eigenvalue weighted by Crippen LogP contribution is -2.15. The number of rotatable bonds is 10. The molecule has 0 saturated carbocycles. The van der Waals surface area contributed by atoms with Crippen LogP contribution in [0, 0.1) is 0 Å². The molecule has 0 radical (unpaired) electrons. The van der Waals surface area contributed by atoms with Crippen molar-refractivity contribution in [1.29, 1.82) is 0 Å². The third-order valence-corrected chi connectivity index (χ3v) is 2.10. The molecule has 0 aliphatic rings. The Morgan fingerprint density at radius 1 is 1.36 bits per heavy atom. The van der Waals surface area contributed by atoms with Crippen molar-refractivity contribution in [2.24, 2.45) is 0 Å². The van der Waals surface area contributed by atoms with E-state index in [2.05, 4.69) is 13.5 Å². The number of hydrogen-bond donors (Lipinski definition) is 1. The minimum atomic E-state index is -0.273. The van der Waals surface area contributed by atoms with Crippen LogP contribution in [0.15, 0.2) is 12.7 Å². The van der Waals surface area contributed by atoms with Crippen LogP contribution in [-0.2, 0) is 4.74 Å². The number of ether oxygens (including phenoxy) is 1. The van der Waals surface area contributed by atoms with Crippen LogP contribution in [-0.4, -0.2) is 24.4 Å². The third-order valence-electron chi connectivity index (χ3n) is 2.10. The summed E-state index contributed by atoms with van der Waals surface area (Å²) < 4.78 is 5.26.